The molecule has 1 N–H and O–H groups in total. The number of ether oxygens (including phenoxy) is 1. The molecular formula is C13H25NO2. The van der Waals surface area contributed by atoms with Crippen LogP contribution in [0.15, 0.2) is 0 Å². The minimum Gasteiger partial charge on any atom is -0.466 e. The SMILES string of the molecule is CCOC(=O)CCNC1CCC(CC)CC1. The maximum atomic E-state index is 11.1. The van der Waals surface area contributed by atoms with Gasteiger partial charge >= 0.3 is 5.97 Å². The molecule has 0 bridgehead atoms. The second-order valence-corrected chi connectivity index (χ2v) is 4.64. The molecule has 1 aliphatic rings. The van der Waals surface area contributed by atoms with Gasteiger partial charge in [-0.15, -0.1) is 0 Å². The van der Waals surface area contributed by atoms with Crippen LogP contribution in [-0.2, 0) is 9.53 Å². The molecule has 0 aromatic rings. The van der Waals surface area contributed by atoms with Gasteiger partial charge in [0.15, 0.2) is 0 Å². The number of rotatable bonds is 6. The molecule has 0 unspecified atom stereocenters. The first-order valence-corrected chi connectivity index (χ1v) is 6.65. The largest absolute Gasteiger partial charge is 0.466 e. The second-order valence-electron chi connectivity index (χ2n) is 4.64. The quantitative estimate of drug-likeness (QED) is 0.709. The number of hydrogen-bond acceptors (Lipinski definition) is 3. The molecule has 3 heteroatoms. The minimum absolute atomic E-state index is 0.0859. The fourth-order valence-corrected chi connectivity index (χ4v) is 2.39. The van der Waals surface area contributed by atoms with Gasteiger partial charge in [-0.05, 0) is 38.5 Å². The topological polar surface area (TPSA) is 38.3 Å². The van der Waals surface area contributed by atoms with Crippen molar-refractivity contribution in [2.75, 3.05) is 13.2 Å². The zero-order valence-electron chi connectivity index (χ0n) is 10.6. The minimum atomic E-state index is -0.0859. The zero-order valence-corrected chi connectivity index (χ0v) is 10.6. The van der Waals surface area contributed by atoms with Gasteiger partial charge in [-0.1, -0.05) is 13.3 Å². The van der Waals surface area contributed by atoms with Gasteiger partial charge in [0.2, 0.25) is 0 Å². The maximum absolute atomic E-state index is 11.1. The number of carbonyl (C=O) groups is 1. The molecule has 0 saturated heterocycles. The van der Waals surface area contributed by atoms with Crippen LogP contribution in [0.5, 0.6) is 0 Å². The van der Waals surface area contributed by atoms with E-state index in [9.17, 15) is 4.79 Å². The van der Waals surface area contributed by atoms with Crippen molar-refractivity contribution in [3.8, 4) is 0 Å². The Morgan fingerprint density at radius 3 is 2.50 bits per heavy atom. The van der Waals surface area contributed by atoms with Gasteiger partial charge < -0.3 is 10.1 Å². The average Bonchev–Trinajstić information content (AvgIpc) is 2.30. The van der Waals surface area contributed by atoms with Crippen molar-refractivity contribution in [2.45, 2.75) is 58.4 Å². The molecule has 0 radical (unpaired) electrons. The van der Waals surface area contributed by atoms with Crippen molar-refractivity contribution in [3.05, 3.63) is 0 Å². The van der Waals surface area contributed by atoms with Gasteiger partial charge in [0.05, 0.1) is 13.0 Å². The van der Waals surface area contributed by atoms with E-state index in [-0.39, 0.29) is 5.97 Å². The number of nitrogens with one attached hydrogen (secondary N) is 1. The van der Waals surface area contributed by atoms with Gasteiger partial charge in [-0.25, -0.2) is 0 Å². The van der Waals surface area contributed by atoms with Gasteiger partial charge in [0, 0.05) is 12.6 Å². The van der Waals surface area contributed by atoms with E-state index in [0.717, 1.165) is 12.5 Å². The van der Waals surface area contributed by atoms with Crippen LogP contribution in [0.2, 0.25) is 0 Å². The summed E-state index contributed by atoms with van der Waals surface area (Å²) in [6.45, 7) is 5.37. The van der Waals surface area contributed by atoms with E-state index in [2.05, 4.69) is 12.2 Å². The molecule has 0 aromatic heterocycles. The normalized spacial score (nSPS) is 25.4. The summed E-state index contributed by atoms with van der Waals surface area (Å²) in [5.74, 6) is 0.848. The van der Waals surface area contributed by atoms with Crippen LogP contribution in [0.1, 0.15) is 52.4 Å². The van der Waals surface area contributed by atoms with Crippen LogP contribution in [0.3, 0.4) is 0 Å². The molecule has 0 aromatic carbocycles. The lowest BCUT2D eigenvalue weighted by molar-refractivity contribution is -0.143. The smallest absolute Gasteiger partial charge is 0.307 e. The van der Waals surface area contributed by atoms with E-state index in [1.54, 1.807) is 0 Å². The van der Waals surface area contributed by atoms with Gasteiger partial charge in [0.1, 0.15) is 0 Å². The molecule has 0 amide bonds. The van der Waals surface area contributed by atoms with Crippen molar-refractivity contribution in [3.63, 3.8) is 0 Å². The fraction of sp³-hybridized carbons (Fsp3) is 0.923. The molecule has 1 rings (SSSR count). The van der Waals surface area contributed by atoms with Crippen molar-refractivity contribution >= 4 is 5.97 Å². The lowest BCUT2D eigenvalue weighted by Gasteiger charge is -2.28. The Morgan fingerprint density at radius 1 is 1.25 bits per heavy atom. The van der Waals surface area contributed by atoms with Crippen molar-refractivity contribution in [2.24, 2.45) is 5.92 Å². The summed E-state index contributed by atoms with van der Waals surface area (Å²) in [5.41, 5.74) is 0. The number of carbonyl (C=O) groups excluding carboxylic acids is 1. The Bertz CT molecular complexity index is 198. The molecule has 0 spiro atoms. The van der Waals surface area contributed by atoms with Crippen molar-refractivity contribution < 1.29 is 9.53 Å². The number of hydrogen-bond donors (Lipinski definition) is 1. The highest BCUT2D eigenvalue weighted by Crippen LogP contribution is 2.26. The Hall–Kier alpha value is -0.570. The molecule has 1 saturated carbocycles. The average molecular weight is 227 g/mol. The Morgan fingerprint density at radius 2 is 1.94 bits per heavy atom. The van der Waals surface area contributed by atoms with E-state index >= 15 is 0 Å². The third-order valence-electron chi connectivity index (χ3n) is 3.49. The summed E-state index contributed by atoms with van der Waals surface area (Å²) < 4.78 is 4.89. The summed E-state index contributed by atoms with van der Waals surface area (Å²) in [6.07, 6.45) is 7.03. The third-order valence-corrected chi connectivity index (χ3v) is 3.49. The van der Waals surface area contributed by atoms with Gasteiger partial charge in [-0.2, -0.15) is 0 Å². The summed E-state index contributed by atoms with van der Waals surface area (Å²) in [7, 11) is 0. The highest BCUT2D eigenvalue weighted by atomic mass is 16.5. The van der Waals surface area contributed by atoms with Gasteiger partial charge in [-0.3, -0.25) is 4.79 Å². The van der Waals surface area contributed by atoms with Crippen LogP contribution < -0.4 is 5.32 Å². The van der Waals surface area contributed by atoms with E-state index in [4.69, 9.17) is 4.74 Å². The van der Waals surface area contributed by atoms with Crippen LogP contribution in [0, 0.1) is 5.92 Å². The Balaban J connectivity index is 2.04. The van der Waals surface area contributed by atoms with E-state index in [1.165, 1.54) is 32.1 Å². The maximum Gasteiger partial charge on any atom is 0.307 e. The Labute approximate surface area is 98.9 Å². The first-order chi connectivity index (χ1) is 7.76. The van der Waals surface area contributed by atoms with Crippen LogP contribution >= 0.6 is 0 Å². The summed E-state index contributed by atoms with van der Waals surface area (Å²) in [5, 5.41) is 3.45. The summed E-state index contributed by atoms with van der Waals surface area (Å²) in [4.78, 5) is 11.1. The molecule has 0 heterocycles. The highest BCUT2D eigenvalue weighted by molar-refractivity contribution is 5.69. The highest BCUT2D eigenvalue weighted by Gasteiger charge is 2.19. The van der Waals surface area contributed by atoms with Gasteiger partial charge in [0.25, 0.3) is 0 Å². The van der Waals surface area contributed by atoms with E-state index in [0.29, 0.717) is 19.1 Å². The standard InChI is InChI=1S/C13H25NO2/c1-3-11-5-7-12(8-6-11)14-10-9-13(15)16-4-2/h11-12,14H,3-10H2,1-2H3. The lowest BCUT2D eigenvalue weighted by atomic mass is 9.84. The fourth-order valence-electron chi connectivity index (χ4n) is 2.39. The molecular weight excluding hydrogens is 202 g/mol. The first-order valence-electron chi connectivity index (χ1n) is 6.65. The third kappa shape index (κ3) is 4.97. The monoisotopic (exact) mass is 227 g/mol. The predicted molar refractivity (Wildman–Crippen MR) is 65.3 cm³/mol. The molecule has 0 aliphatic heterocycles. The summed E-state index contributed by atoms with van der Waals surface area (Å²) in [6, 6.07) is 0.622. The van der Waals surface area contributed by atoms with Crippen LogP contribution in [0.25, 0.3) is 0 Å². The van der Waals surface area contributed by atoms with Crippen LogP contribution in [0.4, 0.5) is 0 Å². The molecule has 94 valence electrons. The van der Waals surface area contributed by atoms with Crippen molar-refractivity contribution in [1.82, 2.24) is 5.32 Å². The molecule has 0 atom stereocenters. The van der Waals surface area contributed by atoms with E-state index in [1.807, 2.05) is 6.92 Å². The predicted octanol–water partition coefficient (Wildman–Crippen LogP) is 2.50. The molecule has 1 fully saturated rings. The van der Waals surface area contributed by atoms with Crippen LogP contribution in [-0.4, -0.2) is 25.2 Å². The Kier molecular flexibility index (Phi) is 6.46. The molecule has 1 aliphatic carbocycles. The van der Waals surface area contributed by atoms with E-state index < -0.39 is 0 Å². The second kappa shape index (κ2) is 7.66. The summed E-state index contributed by atoms with van der Waals surface area (Å²) >= 11 is 0. The van der Waals surface area contributed by atoms with Crippen molar-refractivity contribution in [1.29, 1.82) is 0 Å². The molecule has 3 nitrogen and oxygen atoms in total. The molecule has 16 heavy (non-hydrogen) atoms. The number of esters is 1. The lowest BCUT2D eigenvalue weighted by Crippen LogP contribution is -2.34. The zero-order chi connectivity index (χ0) is 11.8. The first kappa shape index (κ1) is 13.5.